The van der Waals surface area contributed by atoms with E-state index in [4.69, 9.17) is 9.47 Å². The molecule has 3 nitrogen and oxygen atoms in total. The summed E-state index contributed by atoms with van der Waals surface area (Å²) in [5.74, 6) is 1.76. The van der Waals surface area contributed by atoms with Crippen LogP contribution in [0.15, 0.2) is 53.4 Å². The summed E-state index contributed by atoms with van der Waals surface area (Å²) in [5, 5.41) is 0. The van der Waals surface area contributed by atoms with Crippen LogP contribution in [0.1, 0.15) is 5.56 Å². The van der Waals surface area contributed by atoms with E-state index in [2.05, 4.69) is 0 Å². The second-order valence-electron chi connectivity index (χ2n) is 3.99. The highest BCUT2D eigenvalue weighted by atomic mass is 32.2. The van der Waals surface area contributed by atoms with Gasteiger partial charge in [0.05, 0.1) is 35.7 Å². The number of hydrogen-bond acceptors (Lipinski definition) is 3. The average molecular weight is 276 g/mol. The summed E-state index contributed by atoms with van der Waals surface area (Å²) in [4.78, 5) is 0.687. The molecule has 1 unspecified atom stereocenters. The fourth-order valence-electron chi connectivity index (χ4n) is 1.77. The molecule has 0 heterocycles. The first kappa shape index (κ1) is 13.6. The van der Waals surface area contributed by atoms with Crippen LogP contribution in [0, 0.1) is 0 Å². The molecule has 0 bridgehead atoms. The van der Waals surface area contributed by atoms with Crippen molar-refractivity contribution in [2.75, 3.05) is 14.2 Å². The minimum absolute atomic E-state index is 0.476. The normalized spacial score (nSPS) is 11.9. The topological polar surface area (TPSA) is 35.5 Å². The molecular formula is C15H16O3S. The molecule has 2 rings (SSSR count). The van der Waals surface area contributed by atoms with Gasteiger partial charge in [-0.1, -0.05) is 30.3 Å². The molecule has 2 aromatic rings. The first-order valence-corrected chi connectivity index (χ1v) is 7.21. The highest BCUT2D eigenvalue weighted by Gasteiger charge is 2.12. The van der Waals surface area contributed by atoms with Crippen molar-refractivity contribution in [3.63, 3.8) is 0 Å². The highest BCUT2D eigenvalue weighted by Crippen LogP contribution is 2.28. The van der Waals surface area contributed by atoms with Crippen LogP contribution in [0.25, 0.3) is 0 Å². The van der Waals surface area contributed by atoms with Gasteiger partial charge in [-0.15, -0.1) is 0 Å². The third kappa shape index (κ3) is 3.35. The quantitative estimate of drug-likeness (QED) is 0.842. The monoisotopic (exact) mass is 276 g/mol. The molecule has 0 aliphatic heterocycles. The van der Waals surface area contributed by atoms with E-state index in [-0.39, 0.29) is 0 Å². The third-order valence-electron chi connectivity index (χ3n) is 2.76. The van der Waals surface area contributed by atoms with Crippen molar-refractivity contribution in [1.29, 1.82) is 0 Å². The zero-order valence-corrected chi connectivity index (χ0v) is 11.8. The molecule has 0 fully saturated rings. The Hall–Kier alpha value is -1.81. The highest BCUT2D eigenvalue weighted by molar-refractivity contribution is 7.84. The molecule has 0 aliphatic carbocycles. The Morgan fingerprint density at radius 2 is 1.74 bits per heavy atom. The summed E-state index contributed by atoms with van der Waals surface area (Å²) >= 11 is 0. The Kier molecular flexibility index (Phi) is 4.58. The summed E-state index contributed by atoms with van der Waals surface area (Å²) < 4.78 is 22.8. The van der Waals surface area contributed by atoms with Gasteiger partial charge in [-0.25, -0.2) is 0 Å². The van der Waals surface area contributed by atoms with Crippen molar-refractivity contribution in [3.8, 4) is 11.5 Å². The Morgan fingerprint density at radius 3 is 2.37 bits per heavy atom. The molecule has 100 valence electrons. The van der Waals surface area contributed by atoms with Gasteiger partial charge in [0.2, 0.25) is 0 Å². The van der Waals surface area contributed by atoms with Crippen LogP contribution in [-0.4, -0.2) is 18.4 Å². The molecule has 19 heavy (non-hydrogen) atoms. The minimum Gasteiger partial charge on any atom is -0.497 e. The van der Waals surface area contributed by atoms with Crippen molar-refractivity contribution in [1.82, 2.24) is 0 Å². The van der Waals surface area contributed by atoms with E-state index < -0.39 is 10.8 Å². The van der Waals surface area contributed by atoms with Crippen molar-refractivity contribution in [3.05, 3.63) is 54.1 Å². The van der Waals surface area contributed by atoms with Crippen molar-refractivity contribution < 1.29 is 13.7 Å². The molecule has 0 aromatic heterocycles. The SMILES string of the molecule is COc1ccc(S(=O)Cc2ccccc2)c(OC)c1. The van der Waals surface area contributed by atoms with Crippen LogP contribution in [0.5, 0.6) is 11.5 Å². The zero-order valence-electron chi connectivity index (χ0n) is 11.0. The Bertz CT molecular complexity index is 567. The predicted molar refractivity (Wildman–Crippen MR) is 76.1 cm³/mol. The predicted octanol–water partition coefficient (Wildman–Crippen LogP) is 3.01. The van der Waals surface area contributed by atoms with Gasteiger partial charge in [0.25, 0.3) is 0 Å². The molecular weight excluding hydrogens is 260 g/mol. The van der Waals surface area contributed by atoms with E-state index in [0.29, 0.717) is 22.1 Å². The lowest BCUT2D eigenvalue weighted by molar-refractivity contribution is 0.387. The van der Waals surface area contributed by atoms with Crippen molar-refractivity contribution >= 4 is 10.8 Å². The fraction of sp³-hybridized carbons (Fsp3) is 0.200. The van der Waals surface area contributed by atoms with Gasteiger partial charge in [-0.2, -0.15) is 0 Å². The lowest BCUT2D eigenvalue weighted by Crippen LogP contribution is -2.00. The van der Waals surface area contributed by atoms with Crippen LogP contribution in [0.2, 0.25) is 0 Å². The average Bonchev–Trinajstić information content (AvgIpc) is 2.47. The fourth-order valence-corrected chi connectivity index (χ4v) is 3.00. The molecule has 4 heteroatoms. The Balaban J connectivity index is 2.24. The van der Waals surface area contributed by atoms with Crippen LogP contribution in [0.4, 0.5) is 0 Å². The zero-order chi connectivity index (χ0) is 13.7. The molecule has 0 N–H and O–H groups in total. The lowest BCUT2D eigenvalue weighted by Gasteiger charge is -2.10. The van der Waals surface area contributed by atoms with E-state index in [1.165, 1.54) is 0 Å². The second-order valence-corrected chi connectivity index (χ2v) is 5.41. The molecule has 0 aliphatic rings. The maximum atomic E-state index is 12.4. The first-order chi connectivity index (χ1) is 9.24. The molecule has 0 saturated heterocycles. The van der Waals surface area contributed by atoms with Crippen LogP contribution in [-0.2, 0) is 16.6 Å². The van der Waals surface area contributed by atoms with Crippen LogP contribution >= 0.6 is 0 Å². The van der Waals surface area contributed by atoms with Crippen LogP contribution in [0.3, 0.4) is 0 Å². The van der Waals surface area contributed by atoms with Gasteiger partial charge in [-0.05, 0) is 17.7 Å². The number of ether oxygens (including phenoxy) is 2. The largest absolute Gasteiger partial charge is 0.497 e. The van der Waals surface area contributed by atoms with E-state index in [1.54, 1.807) is 32.4 Å². The van der Waals surface area contributed by atoms with Gasteiger partial charge in [0, 0.05) is 6.07 Å². The van der Waals surface area contributed by atoms with E-state index in [9.17, 15) is 4.21 Å². The molecule has 1 atom stereocenters. The summed E-state index contributed by atoms with van der Waals surface area (Å²) in [6.07, 6.45) is 0. The minimum atomic E-state index is -1.14. The van der Waals surface area contributed by atoms with E-state index in [0.717, 1.165) is 5.56 Å². The molecule has 2 aromatic carbocycles. The third-order valence-corrected chi connectivity index (χ3v) is 4.18. The molecule has 0 radical (unpaired) electrons. The standard InChI is InChI=1S/C15H16O3S/c1-17-13-8-9-15(14(10-13)18-2)19(16)11-12-6-4-3-5-7-12/h3-10H,11H2,1-2H3. The van der Waals surface area contributed by atoms with Gasteiger partial charge in [-0.3, -0.25) is 4.21 Å². The van der Waals surface area contributed by atoms with Gasteiger partial charge in [0.1, 0.15) is 11.5 Å². The van der Waals surface area contributed by atoms with Gasteiger partial charge >= 0.3 is 0 Å². The number of methoxy groups -OCH3 is 2. The number of benzene rings is 2. The van der Waals surface area contributed by atoms with Crippen LogP contribution < -0.4 is 9.47 Å². The smallest absolute Gasteiger partial charge is 0.138 e. The van der Waals surface area contributed by atoms with E-state index in [1.807, 2.05) is 30.3 Å². The van der Waals surface area contributed by atoms with Crippen molar-refractivity contribution in [2.24, 2.45) is 0 Å². The van der Waals surface area contributed by atoms with E-state index >= 15 is 0 Å². The Morgan fingerprint density at radius 1 is 1.00 bits per heavy atom. The number of hydrogen-bond donors (Lipinski definition) is 0. The molecule has 0 amide bonds. The summed E-state index contributed by atoms with van der Waals surface area (Å²) in [6, 6.07) is 15.1. The molecule has 0 spiro atoms. The maximum Gasteiger partial charge on any atom is 0.138 e. The lowest BCUT2D eigenvalue weighted by atomic mass is 10.2. The van der Waals surface area contributed by atoms with Crippen molar-refractivity contribution in [2.45, 2.75) is 10.6 Å². The Labute approximate surface area is 115 Å². The first-order valence-electron chi connectivity index (χ1n) is 5.89. The summed E-state index contributed by atoms with van der Waals surface area (Å²) in [7, 11) is 2.02. The second kappa shape index (κ2) is 6.38. The van der Waals surface area contributed by atoms with Gasteiger partial charge < -0.3 is 9.47 Å². The summed E-state index contributed by atoms with van der Waals surface area (Å²) in [6.45, 7) is 0. The maximum absolute atomic E-state index is 12.4. The van der Waals surface area contributed by atoms with Gasteiger partial charge in [0.15, 0.2) is 0 Å². The summed E-state index contributed by atoms with van der Waals surface area (Å²) in [5.41, 5.74) is 1.04. The number of rotatable bonds is 5. The molecule has 0 saturated carbocycles.